The van der Waals surface area contributed by atoms with Crippen molar-refractivity contribution in [1.82, 2.24) is 0 Å². The number of carboxylic acid groups (broad SMARTS) is 2. The average molecular weight is 305 g/mol. The first kappa shape index (κ1) is 13.3. The molecule has 66 valence electrons. The van der Waals surface area contributed by atoms with Crippen LogP contribution >= 0.6 is 0 Å². The second-order valence-electron chi connectivity index (χ2n) is 2.74. The van der Waals surface area contributed by atoms with E-state index in [1.165, 1.54) is 0 Å². The number of carboxylic acids is 2. The number of aliphatic carboxylic acids is 2. The number of hydrogen-bond acceptors (Lipinski definition) is 4. The molecule has 0 spiro atoms. The molecule has 0 aromatic carbocycles. The van der Waals surface area contributed by atoms with E-state index in [-0.39, 0.29) is 72.9 Å². The monoisotopic (exact) mass is 306 g/mol. The standard InChI is InChI=1S/C8H10O4.Ba/c9-7(10)5-3-1-2-4-6(5)8(11)12;/h1-4H2,(H,9,10)(H,11,12);/q;+2/p-2. The summed E-state index contributed by atoms with van der Waals surface area (Å²) < 4.78 is 0. The van der Waals surface area contributed by atoms with E-state index < -0.39 is 11.9 Å². The third-order valence-corrected chi connectivity index (χ3v) is 1.96. The molecule has 0 aromatic rings. The van der Waals surface area contributed by atoms with E-state index in [0.29, 0.717) is 12.8 Å². The summed E-state index contributed by atoms with van der Waals surface area (Å²) in [5.74, 6) is -2.76. The summed E-state index contributed by atoms with van der Waals surface area (Å²) in [4.78, 5) is 20.8. The first-order valence-electron chi connectivity index (χ1n) is 3.77. The van der Waals surface area contributed by atoms with Crippen molar-refractivity contribution in [2.24, 2.45) is 0 Å². The van der Waals surface area contributed by atoms with E-state index >= 15 is 0 Å². The minimum absolute atomic E-state index is 0. The normalized spacial score (nSPS) is 16.3. The van der Waals surface area contributed by atoms with Crippen LogP contribution in [0, 0.1) is 0 Å². The van der Waals surface area contributed by atoms with Crippen LogP contribution in [-0.2, 0) is 9.59 Å². The van der Waals surface area contributed by atoms with E-state index in [0.717, 1.165) is 0 Å². The second kappa shape index (κ2) is 5.87. The third kappa shape index (κ3) is 3.47. The van der Waals surface area contributed by atoms with Gasteiger partial charge in [0.2, 0.25) is 0 Å². The summed E-state index contributed by atoms with van der Waals surface area (Å²) in [5, 5.41) is 20.8. The molecule has 1 aliphatic rings. The van der Waals surface area contributed by atoms with Crippen LogP contribution in [-0.4, -0.2) is 60.8 Å². The number of carbonyl (C=O) groups excluding carboxylic acids is 2. The largest absolute Gasteiger partial charge is 2.00 e. The first-order chi connectivity index (χ1) is 5.63. The van der Waals surface area contributed by atoms with Gasteiger partial charge in [0.15, 0.2) is 0 Å². The molecule has 0 unspecified atom stereocenters. The summed E-state index contributed by atoms with van der Waals surface area (Å²) in [6, 6.07) is 0. The zero-order valence-corrected chi connectivity index (χ0v) is 11.6. The van der Waals surface area contributed by atoms with Gasteiger partial charge in [-0.15, -0.1) is 0 Å². The Morgan fingerprint density at radius 1 is 0.923 bits per heavy atom. The smallest absolute Gasteiger partial charge is 0.545 e. The molecule has 0 aromatic heterocycles. The molecule has 5 heteroatoms. The molecule has 0 saturated carbocycles. The Labute approximate surface area is 116 Å². The SMILES string of the molecule is O=C([O-])C1=C(C(=O)[O-])CCCC1.[Ba+2]. The van der Waals surface area contributed by atoms with Gasteiger partial charge in [-0.1, -0.05) is 0 Å². The van der Waals surface area contributed by atoms with Gasteiger partial charge in [-0.3, -0.25) is 0 Å². The van der Waals surface area contributed by atoms with Crippen LogP contribution in [0.3, 0.4) is 0 Å². The van der Waals surface area contributed by atoms with Crippen LogP contribution in [0.2, 0.25) is 0 Å². The molecule has 0 amide bonds. The second-order valence-corrected chi connectivity index (χ2v) is 2.74. The van der Waals surface area contributed by atoms with Crippen LogP contribution < -0.4 is 10.2 Å². The van der Waals surface area contributed by atoms with Crippen molar-refractivity contribution in [3.8, 4) is 0 Å². The third-order valence-electron chi connectivity index (χ3n) is 1.96. The van der Waals surface area contributed by atoms with E-state index in [2.05, 4.69) is 0 Å². The van der Waals surface area contributed by atoms with Crippen molar-refractivity contribution < 1.29 is 19.8 Å². The Morgan fingerprint density at radius 2 is 1.23 bits per heavy atom. The molecule has 13 heavy (non-hydrogen) atoms. The Kier molecular flexibility index (Phi) is 5.99. The van der Waals surface area contributed by atoms with Gasteiger partial charge in [0, 0.05) is 0 Å². The van der Waals surface area contributed by atoms with Gasteiger partial charge in [0.05, 0.1) is 11.9 Å². The summed E-state index contributed by atoms with van der Waals surface area (Å²) >= 11 is 0. The fourth-order valence-corrected chi connectivity index (χ4v) is 1.36. The molecule has 0 atom stereocenters. The van der Waals surface area contributed by atoms with Crippen molar-refractivity contribution in [2.75, 3.05) is 0 Å². The zero-order valence-electron chi connectivity index (χ0n) is 7.17. The predicted molar refractivity (Wildman–Crippen MR) is 41.3 cm³/mol. The molecular formula is C8H8BaO4. The fourth-order valence-electron chi connectivity index (χ4n) is 1.36. The van der Waals surface area contributed by atoms with E-state index in [1.54, 1.807) is 0 Å². The molecule has 1 aliphatic carbocycles. The summed E-state index contributed by atoms with van der Waals surface area (Å²) in [6.45, 7) is 0. The number of rotatable bonds is 2. The van der Waals surface area contributed by atoms with Gasteiger partial charge >= 0.3 is 48.9 Å². The van der Waals surface area contributed by atoms with E-state index in [4.69, 9.17) is 0 Å². The molecule has 1 rings (SSSR count). The molecule has 0 fully saturated rings. The van der Waals surface area contributed by atoms with Crippen LogP contribution in [0.25, 0.3) is 0 Å². The Hall–Kier alpha value is 0.251. The topological polar surface area (TPSA) is 80.3 Å². The number of hydrogen-bond donors (Lipinski definition) is 0. The molecule has 4 nitrogen and oxygen atoms in total. The van der Waals surface area contributed by atoms with Crippen molar-refractivity contribution >= 4 is 60.8 Å². The van der Waals surface area contributed by atoms with Gasteiger partial charge in [-0.25, -0.2) is 0 Å². The van der Waals surface area contributed by atoms with Gasteiger partial charge in [-0.05, 0) is 36.8 Å². The molecule has 0 heterocycles. The summed E-state index contributed by atoms with van der Waals surface area (Å²) in [6.07, 6.45) is 1.98. The van der Waals surface area contributed by atoms with Crippen LogP contribution in [0.4, 0.5) is 0 Å². The number of carbonyl (C=O) groups is 2. The molecule has 0 aliphatic heterocycles. The molecule has 0 saturated heterocycles. The van der Waals surface area contributed by atoms with E-state index in [1.807, 2.05) is 0 Å². The first-order valence-corrected chi connectivity index (χ1v) is 3.77. The van der Waals surface area contributed by atoms with Crippen LogP contribution in [0.15, 0.2) is 11.1 Å². The van der Waals surface area contributed by atoms with Crippen molar-refractivity contribution in [2.45, 2.75) is 25.7 Å². The van der Waals surface area contributed by atoms with E-state index in [9.17, 15) is 19.8 Å². The average Bonchev–Trinajstić information content (AvgIpc) is 2.04. The molecule has 0 N–H and O–H groups in total. The molecule has 0 radical (unpaired) electrons. The Balaban J connectivity index is 0.00000144. The maximum Gasteiger partial charge on any atom is 2.00 e. The summed E-state index contributed by atoms with van der Waals surface area (Å²) in [5.41, 5.74) is -0.192. The summed E-state index contributed by atoms with van der Waals surface area (Å²) in [7, 11) is 0. The van der Waals surface area contributed by atoms with Gasteiger partial charge < -0.3 is 19.8 Å². The maximum absolute atomic E-state index is 10.4. The van der Waals surface area contributed by atoms with Crippen LogP contribution in [0.5, 0.6) is 0 Å². The molecule has 0 bridgehead atoms. The maximum atomic E-state index is 10.4. The predicted octanol–water partition coefficient (Wildman–Crippen LogP) is -2.02. The Morgan fingerprint density at radius 3 is 1.46 bits per heavy atom. The molecular weight excluding hydrogens is 297 g/mol. The zero-order chi connectivity index (χ0) is 9.14. The minimum atomic E-state index is -1.38. The van der Waals surface area contributed by atoms with Gasteiger partial charge in [0.25, 0.3) is 0 Å². The quantitative estimate of drug-likeness (QED) is 0.551. The van der Waals surface area contributed by atoms with Gasteiger partial charge in [0.1, 0.15) is 0 Å². The fraction of sp³-hybridized carbons (Fsp3) is 0.500. The van der Waals surface area contributed by atoms with Crippen molar-refractivity contribution in [3.05, 3.63) is 11.1 Å². The van der Waals surface area contributed by atoms with Crippen molar-refractivity contribution in [1.29, 1.82) is 0 Å². The van der Waals surface area contributed by atoms with Gasteiger partial charge in [-0.2, -0.15) is 0 Å². The minimum Gasteiger partial charge on any atom is -0.545 e. The van der Waals surface area contributed by atoms with Crippen molar-refractivity contribution in [3.63, 3.8) is 0 Å². The van der Waals surface area contributed by atoms with Crippen LogP contribution in [0.1, 0.15) is 25.7 Å². The Bertz CT molecular complexity index is 231.